The number of carbonyl (C=O) groups is 1. The number of hydrogen-bond donors (Lipinski definition) is 2. The number of rotatable bonds is 5. The number of carbonyl (C=O) groups excluding carboxylic acids is 1. The van der Waals surface area contributed by atoms with Crippen molar-refractivity contribution in [2.45, 2.75) is 19.5 Å². The van der Waals surface area contributed by atoms with E-state index in [-0.39, 0.29) is 12.0 Å². The molecule has 15 heavy (non-hydrogen) atoms. The monoisotopic (exact) mass is 208 g/mol. The van der Waals surface area contributed by atoms with Crippen LogP contribution in [0.4, 0.5) is 0 Å². The summed E-state index contributed by atoms with van der Waals surface area (Å²) in [6, 6.07) is 2.02. The Kier molecular flexibility index (Phi) is 4.12. The van der Waals surface area contributed by atoms with Gasteiger partial charge >= 0.3 is 5.97 Å². The third-order valence-corrected chi connectivity index (χ3v) is 2.13. The van der Waals surface area contributed by atoms with Gasteiger partial charge in [0.2, 0.25) is 0 Å². The Bertz CT molecular complexity index is 344. The highest BCUT2D eigenvalue weighted by atomic mass is 16.5. The molecule has 0 radical (unpaired) electrons. The first-order valence-corrected chi connectivity index (χ1v) is 4.79. The average Bonchev–Trinajstić information content (AvgIpc) is 2.73. The standard InChI is InChI=1S/C11H16N2O2/c1-4-8(2)12-6-9-5-10(13-7-9)11(14)15-3/h4-5,7-8,12-13H,1,6H2,2-3H3. The second kappa shape index (κ2) is 5.36. The van der Waals surface area contributed by atoms with Gasteiger partial charge in [-0.2, -0.15) is 0 Å². The molecule has 0 saturated heterocycles. The van der Waals surface area contributed by atoms with E-state index in [1.807, 2.05) is 13.0 Å². The summed E-state index contributed by atoms with van der Waals surface area (Å²) >= 11 is 0. The highest BCUT2D eigenvalue weighted by molar-refractivity contribution is 5.87. The number of nitrogens with one attached hydrogen (secondary N) is 2. The molecule has 1 aromatic rings. The van der Waals surface area contributed by atoms with Crippen molar-refractivity contribution < 1.29 is 9.53 Å². The SMILES string of the molecule is C=CC(C)NCc1c[nH]c(C(=O)OC)c1. The highest BCUT2D eigenvalue weighted by Gasteiger charge is 2.07. The molecule has 1 rings (SSSR count). The normalized spacial score (nSPS) is 12.1. The highest BCUT2D eigenvalue weighted by Crippen LogP contribution is 2.04. The van der Waals surface area contributed by atoms with E-state index in [2.05, 4.69) is 21.6 Å². The molecule has 2 N–H and O–H groups in total. The molecule has 1 heterocycles. The van der Waals surface area contributed by atoms with E-state index in [1.165, 1.54) is 7.11 Å². The second-order valence-corrected chi connectivity index (χ2v) is 3.32. The zero-order valence-electron chi connectivity index (χ0n) is 9.04. The van der Waals surface area contributed by atoms with Crippen LogP contribution in [0.25, 0.3) is 0 Å². The van der Waals surface area contributed by atoms with Gasteiger partial charge in [0.05, 0.1) is 7.11 Å². The Labute approximate surface area is 89.3 Å². The fraction of sp³-hybridized carbons (Fsp3) is 0.364. The molecule has 1 unspecified atom stereocenters. The first-order valence-electron chi connectivity index (χ1n) is 4.79. The van der Waals surface area contributed by atoms with Crippen molar-refractivity contribution in [3.63, 3.8) is 0 Å². The fourth-order valence-corrected chi connectivity index (χ4v) is 1.13. The first kappa shape index (κ1) is 11.5. The van der Waals surface area contributed by atoms with Crippen molar-refractivity contribution in [1.29, 1.82) is 0 Å². The van der Waals surface area contributed by atoms with Crippen molar-refractivity contribution in [2.75, 3.05) is 7.11 Å². The van der Waals surface area contributed by atoms with Gasteiger partial charge < -0.3 is 15.0 Å². The molecule has 0 fully saturated rings. The predicted molar refractivity (Wildman–Crippen MR) is 58.6 cm³/mol. The summed E-state index contributed by atoms with van der Waals surface area (Å²) in [4.78, 5) is 14.0. The smallest absolute Gasteiger partial charge is 0.354 e. The number of methoxy groups -OCH3 is 1. The number of aromatic amines is 1. The molecule has 0 aliphatic carbocycles. The fourth-order valence-electron chi connectivity index (χ4n) is 1.13. The molecule has 0 aromatic carbocycles. The van der Waals surface area contributed by atoms with Crippen LogP contribution < -0.4 is 5.32 Å². The van der Waals surface area contributed by atoms with E-state index in [0.717, 1.165) is 5.56 Å². The van der Waals surface area contributed by atoms with Crippen molar-refractivity contribution in [3.8, 4) is 0 Å². The summed E-state index contributed by atoms with van der Waals surface area (Å²) in [6.07, 6.45) is 3.61. The zero-order chi connectivity index (χ0) is 11.3. The minimum absolute atomic E-state index is 0.251. The maximum atomic E-state index is 11.1. The summed E-state index contributed by atoms with van der Waals surface area (Å²) in [5, 5.41) is 3.23. The minimum Gasteiger partial charge on any atom is -0.464 e. The Morgan fingerprint density at radius 1 is 1.80 bits per heavy atom. The van der Waals surface area contributed by atoms with Crippen LogP contribution in [0.1, 0.15) is 23.0 Å². The van der Waals surface area contributed by atoms with Crippen LogP contribution in [0.2, 0.25) is 0 Å². The predicted octanol–water partition coefficient (Wildman–Crippen LogP) is 1.47. The summed E-state index contributed by atoms with van der Waals surface area (Å²) in [5.74, 6) is -0.349. The van der Waals surface area contributed by atoms with Gasteiger partial charge in [0, 0.05) is 18.8 Å². The lowest BCUT2D eigenvalue weighted by Gasteiger charge is -2.06. The van der Waals surface area contributed by atoms with Gasteiger partial charge in [0.15, 0.2) is 0 Å². The van der Waals surface area contributed by atoms with E-state index in [9.17, 15) is 4.79 Å². The average molecular weight is 208 g/mol. The Hall–Kier alpha value is -1.55. The topological polar surface area (TPSA) is 54.1 Å². The number of esters is 1. The Morgan fingerprint density at radius 3 is 3.13 bits per heavy atom. The van der Waals surface area contributed by atoms with Gasteiger partial charge in [-0.25, -0.2) is 4.79 Å². The molecule has 82 valence electrons. The Morgan fingerprint density at radius 2 is 2.53 bits per heavy atom. The molecule has 0 saturated carbocycles. The van der Waals surface area contributed by atoms with Crippen LogP contribution in [0.3, 0.4) is 0 Å². The molecular formula is C11H16N2O2. The third kappa shape index (κ3) is 3.25. The molecular weight excluding hydrogens is 192 g/mol. The second-order valence-electron chi connectivity index (χ2n) is 3.32. The number of hydrogen-bond acceptors (Lipinski definition) is 3. The third-order valence-electron chi connectivity index (χ3n) is 2.13. The molecule has 4 heteroatoms. The molecule has 0 spiro atoms. The summed E-state index contributed by atoms with van der Waals surface area (Å²) in [6.45, 7) is 6.39. The van der Waals surface area contributed by atoms with Crippen LogP contribution in [0, 0.1) is 0 Å². The van der Waals surface area contributed by atoms with E-state index in [4.69, 9.17) is 0 Å². The van der Waals surface area contributed by atoms with Crippen molar-refractivity contribution in [1.82, 2.24) is 10.3 Å². The van der Waals surface area contributed by atoms with E-state index in [1.54, 1.807) is 12.3 Å². The molecule has 4 nitrogen and oxygen atoms in total. The van der Waals surface area contributed by atoms with E-state index in [0.29, 0.717) is 12.2 Å². The lowest BCUT2D eigenvalue weighted by atomic mass is 10.2. The van der Waals surface area contributed by atoms with Crippen LogP contribution in [0.15, 0.2) is 24.9 Å². The van der Waals surface area contributed by atoms with Crippen molar-refractivity contribution >= 4 is 5.97 Å². The van der Waals surface area contributed by atoms with Gasteiger partial charge in [-0.05, 0) is 18.6 Å². The summed E-state index contributed by atoms with van der Waals surface area (Å²) in [7, 11) is 1.36. The lowest BCUT2D eigenvalue weighted by Crippen LogP contribution is -2.22. The van der Waals surface area contributed by atoms with Crippen molar-refractivity contribution in [3.05, 3.63) is 36.2 Å². The van der Waals surface area contributed by atoms with Crippen LogP contribution in [-0.2, 0) is 11.3 Å². The number of ether oxygens (including phenoxy) is 1. The quantitative estimate of drug-likeness (QED) is 0.569. The van der Waals surface area contributed by atoms with E-state index < -0.39 is 0 Å². The maximum Gasteiger partial charge on any atom is 0.354 e. The first-order chi connectivity index (χ1) is 7.17. The van der Waals surface area contributed by atoms with Crippen LogP contribution in [0.5, 0.6) is 0 Å². The van der Waals surface area contributed by atoms with Gasteiger partial charge in [0.1, 0.15) is 5.69 Å². The van der Waals surface area contributed by atoms with Gasteiger partial charge in [0.25, 0.3) is 0 Å². The van der Waals surface area contributed by atoms with Crippen LogP contribution >= 0.6 is 0 Å². The molecule has 0 bridgehead atoms. The molecule has 0 aliphatic heterocycles. The Balaban J connectivity index is 2.53. The van der Waals surface area contributed by atoms with Crippen molar-refractivity contribution in [2.24, 2.45) is 0 Å². The van der Waals surface area contributed by atoms with Gasteiger partial charge in [-0.1, -0.05) is 6.08 Å². The summed E-state index contributed by atoms with van der Waals surface area (Å²) in [5.41, 5.74) is 1.49. The number of H-pyrrole nitrogens is 1. The number of aromatic nitrogens is 1. The van der Waals surface area contributed by atoms with E-state index >= 15 is 0 Å². The van der Waals surface area contributed by atoms with Gasteiger partial charge in [-0.15, -0.1) is 6.58 Å². The molecule has 0 amide bonds. The molecule has 1 aromatic heterocycles. The molecule has 1 atom stereocenters. The largest absolute Gasteiger partial charge is 0.464 e. The zero-order valence-corrected chi connectivity index (χ0v) is 9.04. The molecule has 0 aliphatic rings. The maximum absolute atomic E-state index is 11.1. The lowest BCUT2D eigenvalue weighted by molar-refractivity contribution is 0.0595. The van der Waals surface area contributed by atoms with Gasteiger partial charge in [-0.3, -0.25) is 0 Å². The minimum atomic E-state index is -0.349. The summed E-state index contributed by atoms with van der Waals surface area (Å²) < 4.78 is 4.59. The van der Waals surface area contributed by atoms with Crippen LogP contribution in [-0.4, -0.2) is 24.1 Å².